The van der Waals surface area contributed by atoms with Crippen LogP contribution in [0.25, 0.3) is 10.1 Å². The Balaban J connectivity index is 2.25. The standard InChI is InChI=1S/C12H10N2O2S/c13-7-10-6-11-9(2-4-17-11)5-8(10)1-3-14-12(15)16/h2,4-6,14H,1,3H2,(H,15,16). The van der Waals surface area contributed by atoms with Gasteiger partial charge in [0.1, 0.15) is 0 Å². The first-order valence-corrected chi connectivity index (χ1v) is 5.95. The van der Waals surface area contributed by atoms with E-state index in [0.29, 0.717) is 18.5 Å². The van der Waals surface area contributed by atoms with Crippen molar-refractivity contribution in [2.75, 3.05) is 6.54 Å². The molecule has 2 N–H and O–H groups in total. The Labute approximate surface area is 102 Å². The molecule has 1 aromatic heterocycles. The van der Waals surface area contributed by atoms with Crippen molar-refractivity contribution >= 4 is 27.5 Å². The van der Waals surface area contributed by atoms with Gasteiger partial charge in [-0.3, -0.25) is 0 Å². The van der Waals surface area contributed by atoms with Crippen LogP contribution >= 0.6 is 11.3 Å². The second-order valence-electron chi connectivity index (χ2n) is 3.56. The van der Waals surface area contributed by atoms with Crippen molar-refractivity contribution < 1.29 is 9.90 Å². The summed E-state index contributed by atoms with van der Waals surface area (Å²) in [5.41, 5.74) is 1.50. The van der Waals surface area contributed by atoms with Crippen molar-refractivity contribution in [1.82, 2.24) is 5.32 Å². The quantitative estimate of drug-likeness (QED) is 0.874. The predicted octanol–water partition coefficient (Wildman–Crippen LogP) is 2.58. The number of nitrogens with zero attached hydrogens (tertiary/aromatic N) is 1. The summed E-state index contributed by atoms with van der Waals surface area (Å²) in [5.74, 6) is 0. The van der Waals surface area contributed by atoms with Gasteiger partial charge in [0.25, 0.3) is 0 Å². The molecule has 1 heterocycles. The molecule has 0 aliphatic carbocycles. The first-order valence-electron chi connectivity index (χ1n) is 5.07. The van der Waals surface area contributed by atoms with Gasteiger partial charge in [-0.15, -0.1) is 11.3 Å². The van der Waals surface area contributed by atoms with Crippen LogP contribution in [0.1, 0.15) is 11.1 Å². The molecule has 1 aromatic carbocycles. The van der Waals surface area contributed by atoms with E-state index in [2.05, 4.69) is 11.4 Å². The fourth-order valence-electron chi connectivity index (χ4n) is 1.67. The van der Waals surface area contributed by atoms with Gasteiger partial charge in [-0.05, 0) is 40.9 Å². The lowest BCUT2D eigenvalue weighted by atomic mass is 10.0. The first kappa shape index (κ1) is 11.4. The summed E-state index contributed by atoms with van der Waals surface area (Å²) in [6, 6.07) is 7.95. The summed E-state index contributed by atoms with van der Waals surface area (Å²) in [4.78, 5) is 10.3. The van der Waals surface area contributed by atoms with Gasteiger partial charge in [0.2, 0.25) is 0 Å². The van der Waals surface area contributed by atoms with Crippen LogP contribution in [0, 0.1) is 11.3 Å². The highest BCUT2D eigenvalue weighted by Gasteiger charge is 2.06. The smallest absolute Gasteiger partial charge is 0.404 e. The van der Waals surface area contributed by atoms with Crippen LogP contribution < -0.4 is 5.32 Å². The summed E-state index contributed by atoms with van der Waals surface area (Å²) in [7, 11) is 0. The molecule has 0 aliphatic heterocycles. The molecule has 0 atom stereocenters. The lowest BCUT2D eigenvalue weighted by molar-refractivity contribution is 0.194. The van der Waals surface area contributed by atoms with E-state index in [4.69, 9.17) is 10.4 Å². The van der Waals surface area contributed by atoms with Crippen molar-refractivity contribution in [2.45, 2.75) is 6.42 Å². The number of hydrogen-bond donors (Lipinski definition) is 2. The van der Waals surface area contributed by atoms with Crippen molar-refractivity contribution in [3.63, 3.8) is 0 Å². The summed E-state index contributed by atoms with van der Waals surface area (Å²) in [6.45, 7) is 0.319. The van der Waals surface area contributed by atoms with Crippen LogP contribution in [0.2, 0.25) is 0 Å². The van der Waals surface area contributed by atoms with E-state index >= 15 is 0 Å². The van der Waals surface area contributed by atoms with E-state index in [9.17, 15) is 4.79 Å². The van der Waals surface area contributed by atoms with Crippen LogP contribution in [-0.2, 0) is 6.42 Å². The summed E-state index contributed by atoms with van der Waals surface area (Å²) in [6.07, 6.45) is -0.513. The average Bonchev–Trinajstić information content (AvgIpc) is 2.74. The molecular weight excluding hydrogens is 236 g/mol. The zero-order valence-corrected chi connectivity index (χ0v) is 9.75. The van der Waals surface area contributed by atoms with Gasteiger partial charge >= 0.3 is 6.09 Å². The van der Waals surface area contributed by atoms with E-state index in [-0.39, 0.29) is 0 Å². The number of hydrogen-bond acceptors (Lipinski definition) is 3. The van der Waals surface area contributed by atoms with Crippen molar-refractivity contribution in [1.29, 1.82) is 5.26 Å². The van der Waals surface area contributed by atoms with Crippen LogP contribution in [-0.4, -0.2) is 17.7 Å². The second-order valence-corrected chi connectivity index (χ2v) is 4.51. The topological polar surface area (TPSA) is 73.1 Å². The molecule has 0 radical (unpaired) electrons. The molecule has 2 rings (SSSR count). The molecule has 2 aromatic rings. The number of thiophene rings is 1. The monoisotopic (exact) mass is 246 g/mol. The highest BCUT2D eigenvalue weighted by atomic mass is 32.1. The number of carboxylic acid groups (broad SMARTS) is 1. The molecular formula is C12H10N2O2S. The summed E-state index contributed by atoms with van der Waals surface area (Å²) in [5, 5.41) is 22.9. The van der Waals surface area contributed by atoms with E-state index in [1.807, 2.05) is 23.6 Å². The van der Waals surface area contributed by atoms with Gasteiger partial charge in [0, 0.05) is 11.2 Å². The zero-order valence-electron chi connectivity index (χ0n) is 8.93. The highest BCUT2D eigenvalue weighted by Crippen LogP contribution is 2.24. The maximum absolute atomic E-state index is 10.3. The van der Waals surface area contributed by atoms with Gasteiger partial charge in [-0.1, -0.05) is 0 Å². The minimum Gasteiger partial charge on any atom is -0.465 e. The van der Waals surface area contributed by atoms with E-state index in [1.54, 1.807) is 11.3 Å². The van der Waals surface area contributed by atoms with E-state index in [0.717, 1.165) is 15.6 Å². The fourth-order valence-corrected chi connectivity index (χ4v) is 2.48. The molecule has 0 fully saturated rings. The minimum atomic E-state index is -1.04. The van der Waals surface area contributed by atoms with Gasteiger partial charge in [-0.2, -0.15) is 5.26 Å². The number of carbonyl (C=O) groups is 1. The Morgan fingerprint density at radius 1 is 1.53 bits per heavy atom. The molecule has 0 spiro atoms. The Hall–Kier alpha value is -2.06. The lowest BCUT2D eigenvalue weighted by Crippen LogP contribution is -2.23. The Morgan fingerprint density at radius 2 is 2.35 bits per heavy atom. The number of rotatable bonds is 3. The first-order chi connectivity index (χ1) is 8.20. The van der Waals surface area contributed by atoms with Crippen LogP contribution in [0.3, 0.4) is 0 Å². The molecule has 0 unspecified atom stereocenters. The van der Waals surface area contributed by atoms with Gasteiger partial charge in [-0.25, -0.2) is 4.79 Å². The van der Waals surface area contributed by atoms with Crippen LogP contribution in [0.15, 0.2) is 23.6 Å². The number of nitriles is 1. The number of fused-ring (bicyclic) bond motifs is 1. The molecule has 1 amide bonds. The Kier molecular flexibility index (Phi) is 3.26. The maximum Gasteiger partial charge on any atom is 0.404 e. The van der Waals surface area contributed by atoms with Crippen molar-refractivity contribution in [3.8, 4) is 6.07 Å². The summed E-state index contributed by atoms with van der Waals surface area (Å²) >= 11 is 1.59. The third-order valence-corrected chi connectivity index (χ3v) is 3.35. The molecule has 0 aliphatic rings. The van der Waals surface area contributed by atoms with E-state index in [1.165, 1.54) is 0 Å². The number of nitrogens with one attached hydrogen (secondary N) is 1. The Morgan fingerprint density at radius 3 is 3.06 bits per heavy atom. The van der Waals surface area contributed by atoms with Gasteiger partial charge in [0.15, 0.2) is 0 Å². The third kappa shape index (κ3) is 2.55. The second kappa shape index (κ2) is 4.85. The largest absolute Gasteiger partial charge is 0.465 e. The average molecular weight is 246 g/mol. The van der Waals surface area contributed by atoms with Crippen LogP contribution in [0.4, 0.5) is 4.79 Å². The zero-order chi connectivity index (χ0) is 12.3. The van der Waals surface area contributed by atoms with Crippen molar-refractivity contribution in [2.24, 2.45) is 0 Å². The number of amides is 1. The van der Waals surface area contributed by atoms with Gasteiger partial charge in [0.05, 0.1) is 11.6 Å². The predicted molar refractivity (Wildman–Crippen MR) is 66.3 cm³/mol. The molecule has 0 saturated carbocycles. The molecule has 17 heavy (non-hydrogen) atoms. The molecule has 86 valence electrons. The van der Waals surface area contributed by atoms with Crippen LogP contribution in [0.5, 0.6) is 0 Å². The molecule has 0 saturated heterocycles. The highest BCUT2D eigenvalue weighted by molar-refractivity contribution is 7.17. The molecule has 0 bridgehead atoms. The van der Waals surface area contributed by atoms with Crippen molar-refractivity contribution in [3.05, 3.63) is 34.7 Å². The minimum absolute atomic E-state index is 0.319. The molecule has 5 heteroatoms. The lowest BCUT2D eigenvalue weighted by Gasteiger charge is -2.04. The Bertz CT molecular complexity index is 598. The number of benzene rings is 1. The fraction of sp³-hybridized carbons (Fsp3) is 0.167. The SMILES string of the molecule is N#Cc1cc2sccc2cc1CCNC(=O)O. The van der Waals surface area contributed by atoms with E-state index < -0.39 is 6.09 Å². The molecule has 4 nitrogen and oxygen atoms in total. The summed E-state index contributed by atoms with van der Waals surface area (Å²) < 4.78 is 1.08. The maximum atomic E-state index is 10.3. The normalized spacial score (nSPS) is 10.1. The third-order valence-electron chi connectivity index (χ3n) is 2.47. The van der Waals surface area contributed by atoms with Gasteiger partial charge < -0.3 is 10.4 Å².